The van der Waals surface area contributed by atoms with E-state index < -0.39 is 21.8 Å². The molecule has 1 fully saturated rings. The maximum absolute atomic E-state index is 13.4. The van der Waals surface area contributed by atoms with E-state index in [-0.39, 0.29) is 18.8 Å². The molecule has 0 saturated carbocycles. The molecule has 8 nitrogen and oxygen atoms in total. The second-order valence-corrected chi connectivity index (χ2v) is 9.81. The molecule has 0 amide bonds. The highest BCUT2D eigenvalue weighted by Gasteiger charge is 2.51. The van der Waals surface area contributed by atoms with Crippen molar-refractivity contribution < 1.29 is 31.4 Å². The number of Topliss-reactive ketones (excluding diaryl/α,β-unsaturated/α-hetero) is 1. The molecule has 1 heterocycles. The van der Waals surface area contributed by atoms with Crippen molar-refractivity contribution in [2.75, 3.05) is 27.3 Å². The molecular weight excluding hydrogens is 446 g/mol. The van der Waals surface area contributed by atoms with Crippen molar-refractivity contribution in [1.82, 2.24) is 4.90 Å². The van der Waals surface area contributed by atoms with Crippen molar-refractivity contribution in [2.45, 2.75) is 37.8 Å². The predicted octanol–water partition coefficient (Wildman–Crippen LogP) is 3.30. The molecule has 1 N–H and O–H groups in total. The van der Waals surface area contributed by atoms with E-state index in [1.54, 1.807) is 12.1 Å². The van der Waals surface area contributed by atoms with E-state index >= 15 is 0 Å². The van der Waals surface area contributed by atoms with Crippen LogP contribution in [0.3, 0.4) is 0 Å². The minimum atomic E-state index is -4.84. The maximum atomic E-state index is 13.4. The first kappa shape index (κ1) is 23.7. The summed E-state index contributed by atoms with van der Waals surface area (Å²) in [5, 5.41) is 0. The number of ether oxygens (including phenoxy) is 2. The Morgan fingerprint density at radius 2 is 1.70 bits per heavy atom. The van der Waals surface area contributed by atoms with Gasteiger partial charge < -0.3 is 9.47 Å². The largest absolute Gasteiger partial charge is 0.493 e. The zero-order valence-electron chi connectivity index (χ0n) is 18.8. The van der Waals surface area contributed by atoms with Crippen LogP contribution in [-0.2, 0) is 27.5 Å². The predicted molar refractivity (Wildman–Crippen MR) is 122 cm³/mol. The highest BCUT2D eigenvalue weighted by molar-refractivity contribution is 7.81. The topological polar surface area (TPSA) is 102 Å². The number of nitrogens with zero attached hydrogens (tertiary/aromatic N) is 1. The molecule has 1 unspecified atom stereocenters. The second kappa shape index (κ2) is 9.42. The van der Waals surface area contributed by atoms with E-state index in [1.165, 1.54) is 19.8 Å². The highest BCUT2D eigenvalue weighted by Crippen LogP contribution is 2.44. The number of carbonyl (C=O) groups is 1. The normalized spacial score (nSPS) is 21.7. The lowest BCUT2D eigenvalue weighted by Crippen LogP contribution is -2.45. The Kier molecular flexibility index (Phi) is 6.76. The van der Waals surface area contributed by atoms with E-state index in [0.29, 0.717) is 22.6 Å². The molecule has 0 spiro atoms. The number of carbonyl (C=O) groups excluding carboxylic acids is 1. The summed E-state index contributed by atoms with van der Waals surface area (Å²) in [5.74, 6) is 0.450. The van der Waals surface area contributed by atoms with Crippen LogP contribution < -0.4 is 9.47 Å². The third kappa shape index (κ3) is 5.22. The van der Waals surface area contributed by atoms with Gasteiger partial charge in [-0.2, -0.15) is 8.42 Å². The van der Waals surface area contributed by atoms with Gasteiger partial charge in [-0.25, -0.2) is 4.18 Å². The number of fused-ring (bicyclic) bond motifs is 1. The SMILES string of the molecule is COc1cc2c(cc1OC)C(=O)C(CC1CCN(Cc3ccccc3)CC1)(OS(=O)(=O)O)C2. The fourth-order valence-electron chi connectivity index (χ4n) is 5.04. The van der Waals surface area contributed by atoms with Gasteiger partial charge in [0.1, 0.15) is 0 Å². The summed E-state index contributed by atoms with van der Waals surface area (Å²) in [6.07, 6.45) is 1.87. The molecular formula is C24H29NO7S. The van der Waals surface area contributed by atoms with Crippen LogP contribution in [0.4, 0.5) is 0 Å². The Hall–Kier alpha value is -2.46. The van der Waals surface area contributed by atoms with Crippen molar-refractivity contribution in [1.29, 1.82) is 0 Å². The molecule has 1 aliphatic heterocycles. The number of hydrogen-bond acceptors (Lipinski definition) is 7. The Morgan fingerprint density at radius 3 is 2.30 bits per heavy atom. The summed E-state index contributed by atoms with van der Waals surface area (Å²) in [7, 11) is -1.88. The molecule has 2 aliphatic rings. The third-order valence-electron chi connectivity index (χ3n) is 6.58. The Morgan fingerprint density at radius 1 is 1.06 bits per heavy atom. The van der Waals surface area contributed by atoms with Gasteiger partial charge in [0.05, 0.1) is 14.2 Å². The van der Waals surface area contributed by atoms with Gasteiger partial charge in [0.25, 0.3) is 0 Å². The summed E-state index contributed by atoms with van der Waals surface area (Å²) in [6.45, 7) is 2.53. The lowest BCUT2D eigenvalue weighted by molar-refractivity contribution is 0.0280. The third-order valence-corrected chi connectivity index (χ3v) is 7.11. The molecule has 1 saturated heterocycles. The van der Waals surface area contributed by atoms with Crippen molar-refractivity contribution in [3.8, 4) is 11.5 Å². The number of methoxy groups -OCH3 is 2. The van der Waals surface area contributed by atoms with Gasteiger partial charge in [-0.05, 0) is 61.5 Å². The molecule has 2 aromatic carbocycles. The van der Waals surface area contributed by atoms with Gasteiger partial charge in [-0.1, -0.05) is 30.3 Å². The average molecular weight is 476 g/mol. The Bertz CT molecular complexity index is 1110. The Balaban J connectivity index is 1.52. The number of benzene rings is 2. The first-order valence-corrected chi connectivity index (χ1v) is 12.3. The summed E-state index contributed by atoms with van der Waals surface area (Å²) in [4.78, 5) is 15.8. The summed E-state index contributed by atoms with van der Waals surface area (Å²) >= 11 is 0. The van der Waals surface area contributed by atoms with Crippen LogP contribution in [0.5, 0.6) is 11.5 Å². The zero-order chi connectivity index (χ0) is 23.6. The lowest BCUT2D eigenvalue weighted by Gasteiger charge is -2.36. The van der Waals surface area contributed by atoms with E-state index in [2.05, 4.69) is 17.0 Å². The number of piperidine rings is 1. The minimum Gasteiger partial charge on any atom is -0.493 e. The average Bonchev–Trinajstić information content (AvgIpc) is 3.03. The van der Waals surface area contributed by atoms with Crippen molar-refractivity contribution in [3.05, 3.63) is 59.2 Å². The lowest BCUT2D eigenvalue weighted by atomic mass is 9.82. The van der Waals surface area contributed by atoms with Crippen LogP contribution >= 0.6 is 0 Å². The van der Waals surface area contributed by atoms with Crippen LogP contribution in [0.2, 0.25) is 0 Å². The van der Waals surface area contributed by atoms with Gasteiger partial charge in [-0.3, -0.25) is 14.2 Å². The molecule has 0 aromatic heterocycles. The van der Waals surface area contributed by atoms with Crippen LogP contribution in [0.25, 0.3) is 0 Å². The van der Waals surface area contributed by atoms with Gasteiger partial charge >= 0.3 is 10.4 Å². The quantitative estimate of drug-likeness (QED) is 0.580. The number of likely N-dealkylation sites (tertiary alicyclic amines) is 1. The summed E-state index contributed by atoms with van der Waals surface area (Å²) in [5.41, 5.74) is 0.520. The van der Waals surface area contributed by atoms with Crippen molar-refractivity contribution in [3.63, 3.8) is 0 Å². The number of ketones is 1. The molecule has 9 heteroatoms. The standard InChI is InChI=1S/C24H29NO7S/c1-30-21-12-19-15-24(32-33(27,28)29,23(26)20(19)13-22(21)31-2)14-17-8-10-25(11-9-17)16-18-6-4-3-5-7-18/h3-7,12-13,17H,8-11,14-16H2,1-2H3,(H,27,28,29). The molecule has 0 bridgehead atoms. The van der Waals surface area contributed by atoms with E-state index in [4.69, 9.17) is 13.7 Å². The molecule has 4 rings (SSSR count). The molecule has 2 aromatic rings. The summed E-state index contributed by atoms with van der Waals surface area (Å²) < 4.78 is 48.8. The molecule has 1 aliphatic carbocycles. The molecule has 178 valence electrons. The van der Waals surface area contributed by atoms with Crippen LogP contribution in [0.1, 0.15) is 40.7 Å². The summed E-state index contributed by atoms with van der Waals surface area (Å²) in [6, 6.07) is 13.4. The van der Waals surface area contributed by atoms with E-state index in [1.807, 2.05) is 18.2 Å². The Labute approximate surface area is 194 Å². The molecule has 1 atom stereocenters. The maximum Gasteiger partial charge on any atom is 0.398 e. The van der Waals surface area contributed by atoms with Crippen LogP contribution in [-0.4, -0.2) is 56.6 Å². The van der Waals surface area contributed by atoms with E-state index in [9.17, 15) is 17.8 Å². The first-order valence-electron chi connectivity index (χ1n) is 11.0. The number of hydrogen-bond donors (Lipinski definition) is 1. The first-order chi connectivity index (χ1) is 15.7. The molecule has 33 heavy (non-hydrogen) atoms. The van der Waals surface area contributed by atoms with Crippen LogP contribution in [0, 0.1) is 5.92 Å². The van der Waals surface area contributed by atoms with Crippen molar-refractivity contribution >= 4 is 16.2 Å². The monoisotopic (exact) mass is 475 g/mol. The second-order valence-electron chi connectivity index (χ2n) is 8.78. The van der Waals surface area contributed by atoms with Gasteiger partial charge in [0, 0.05) is 18.5 Å². The highest BCUT2D eigenvalue weighted by atomic mass is 32.3. The zero-order valence-corrected chi connectivity index (χ0v) is 19.6. The van der Waals surface area contributed by atoms with Gasteiger partial charge in [0.15, 0.2) is 22.9 Å². The smallest absolute Gasteiger partial charge is 0.398 e. The van der Waals surface area contributed by atoms with E-state index in [0.717, 1.165) is 32.5 Å². The molecule has 0 radical (unpaired) electrons. The minimum absolute atomic E-state index is 0.0472. The fraction of sp³-hybridized carbons (Fsp3) is 0.458. The van der Waals surface area contributed by atoms with Crippen molar-refractivity contribution in [2.24, 2.45) is 5.92 Å². The van der Waals surface area contributed by atoms with Gasteiger partial charge in [-0.15, -0.1) is 0 Å². The fourth-order valence-corrected chi connectivity index (χ4v) is 5.64. The number of rotatable bonds is 8. The van der Waals surface area contributed by atoms with Gasteiger partial charge in [0.2, 0.25) is 0 Å². The van der Waals surface area contributed by atoms with Crippen LogP contribution in [0.15, 0.2) is 42.5 Å².